The van der Waals surface area contributed by atoms with Crippen LogP contribution in [0.4, 0.5) is 4.39 Å². The lowest BCUT2D eigenvalue weighted by Crippen LogP contribution is -2.35. The van der Waals surface area contributed by atoms with Gasteiger partial charge in [0, 0.05) is 38.9 Å². The highest BCUT2D eigenvalue weighted by Crippen LogP contribution is 2.30. The molecule has 0 unspecified atom stereocenters. The van der Waals surface area contributed by atoms with Crippen LogP contribution in [0.1, 0.15) is 25.0 Å². The van der Waals surface area contributed by atoms with Crippen LogP contribution in [0.3, 0.4) is 0 Å². The van der Waals surface area contributed by atoms with Crippen LogP contribution in [0.15, 0.2) is 23.0 Å². The molecule has 1 saturated carbocycles. The first-order chi connectivity index (χ1) is 11.6. The summed E-state index contributed by atoms with van der Waals surface area (Å²) in [5.74, 6) is 0.203. The molecule has 6 heteroatoms. The van der Waals surface area contributed by atoms with Crippen LogP contribution in [0.5, 0.6) is 0 Å². The highest BCUT2D eigenvalue weighted by Gasteiger charge is 2.32. The van der Waals surface area contributed by atoms with Gasteiger partial charge in [-0.2, -0.15) is 0 Å². The Kier molecular flexibility index (Phi) is 4.10. The van der Waals surface area contributed by atoms with Crippen molar-refractivity contribution >= 4 is 11.0 Å². The Hall–Kier alpha value is -1.79. The monoisotopic (exact) mass is 331 g/mol. The third-order valence-electron chi connectivity index (χ3n) is 5.04. The molecule has 5 nitrogen and oxygen atoms in total. The maximum absolute atomic E-state index is 13.5. The number of hydrogen-bond acceptors (Lipinski definition) is 4. The molecule has 2 fully saturated rings. The van der Waals surface area contributed by atoms with E-state index in [0.29, 0.717) is 35.2 Å². The Bertz CT molecular complexity index is 810. The largest absolute Gasteiger partial charge is 0.381 e. The number of fused-ring (bicyclic) bond motifs is 1. The second-order valence-electron chi connectivity index (χ2n) is 6.95. The van der Waals surface area contributed by atoms with E-state index in [2.05, 4.69) is 9.88 Å². The normalized spacial score (nSPS) is 21.0. The number of rotatable bonds is 5. The molecule has 4 rings (SSSR count). The van der Waals surface area contributed by atoms with Crippen molar-refractivity contribution in [2.75, 3.05) is 19.8 Å². The first kappa shape index (κ1) is 15.7. The molecular formula is C18H22FN3O2. The SMILES string of the molecule is Cn1c(=O)c(CN(C[C@H]2CCOC2)C2CC2)nc2cc(F)ccc21. The number of ether oxygens (including phenoxy) is 1. The Morgan fingerprint density at radius 3 is 2.92 bits per heavy atom. The predicted molar refractivity (Wildman–Crippen MR) is 89.3 cm³/mol. The van der Waals surface area contributed by atoms with Gasteiger partial charge in [-0.05, 0) is 37.3 Å². The standard InChI is InChI=1S/C18H22FN3O2/c1-21-17-5-2-13(19)8-15(17)20-16(18(21)23)10-22(14-3-4-14)9-12-6-7-24-11-12/h2,5,8,12,14H,3-4,6-7,9-11H2,1H3/t12-/m1/s1. The van der Waals surface area contributed by atoms with Gasteiger partial charge in [0.05, 0.1) is 17.6 Å². The molecule has 2 heterocycles. The van der Waals surface area contributed by atoms with Gasteiger partial charge in [-0.15, -0.1) is 0 Å². The van der Waals surface area contributed by atoms with Crippen molar-refractivity contribution in [1.29, 1.82) is 0 Å². The Labute approximate surface area is 140 Å². The lowest BCUT2D eigenvalue weighted by molar-refractivity contribution is 0.160. The smallest absolute Gasteiger partial charge is 0.273 e. The van der Waals surface area contributed by atoms with Gasteiger partial charge in [0.25, 0.3) is 5.56 Å². The molecule has 1 aliphatic carbocycles. The molecule has 0 N–H and O–H groups in total. The summed E-state index contributed by atoms with van der Waals surface area (Å²) < 4.78 is 20.6. The van der Waals surface area contributed by atoms with Crippen molar-refractivity contribution in [1.82, 2.24) is 14.5 Å². The van der Waals surface area contributed by atoms with Crippen molar-refractivity contribution in [3.63, 3.8) is 0 Å². The van der Waals surface area contributed by atoms with E-state index < -0.39 is 0 Å². The van der Waals surface area contributed by atoms with E-state index in [1.165, 1.54) is 25.0 Å². The number of hydrogen-bond donors (Lipinski definition) is 0. The summed E-state index contributed by atoms with van der Waals surface area (Å²) in [5.41, 5.74) is 1.60. The molecule has 2 aliphatic rings. The summed E-state index contributed by atoms with van der Waals surface area (Å²) in [6.07, 6.45) is 3.43. The van der Waals surface area contributed by atoms with Gasteiger partial charge in [0.15, 0.2) is 0 Å². The van der Waals surface area contributed by atoms with Crippen LogP contribution in [-0.4, -0.2) is 40.3 Å². The lowest BCUT2D eigenvalue weighted by atomic mass is 10.1. The number of aromatic nitrogens is 2. The summed E-state index contributed by atoms with van der Waals surface area (Å²) in [5, 5.41) is 0. The van der Waals surface area contributed by atoms with E-state index in [0.717, 1.165) is 26.2 Å². The zero-order valence-electron chi connectivity index (χ0n) is 13.9. The van der Waals surface area contributed by atoms with Crippen LogP contribution in [0, 0.1) is 11.7 Å². The number of halogens is 1. The first-order valence-corrected chi connectivity index (χ1v) is 8.59. The molecule has 0 spiro atoms. The van der Waals surface area contributed by atoms with E-state index in [9.17, 15) is 9.18 Å². The van der Waals surface area contributed by atoms with Gasteiger partial charge in [-0.25, -0.2) is 9.37 Å². The highest BCUT2D eigenvalue weighted by molar-refractivity contribution is 5.74. The van der Waals surface area contributed by atoms with E-state index in [1.807, 2.05) is 0 Å². The Morgan fingerprint density at radius 1 is 1.38 bits per heavy atom. The average molecular weight is 331 g/mol. The molecule has 0 radical (unpaired) electrons. The van der Waals surface area contributed by atoms with E-state index in [-0.39, 0.29) is 11.4 Å². The van der Waals surface area contributed by atoms with Crippen molar-refractivity contribution in [2.45, 2.75) is 31.8 Å². The second kappa shape index (κ2) is 6.26. The molecule has 24 heavy (non-hydrogen) atoms. The quantitative estimate of drug-likeness (QED) is 0.842. The summed E-state index contributed by atoms with van der Waals surface area (Å²) in [4.78, 5) is 19.5. The van der Waals surface area contributed by atoms with Gasteiger partial charge in [0.1, 0.15) is 11.5 Å². The molecule has 2 aromatic rings. The second-order valence-corrected chi connectivity index (χ2v) is 6.95. The van der Waals surface area contributed by atoms with E-state index in [1.54, 1.807) is 17.7 Å². The minimum Gasteiger partial charge on any atom is -0.381 e. The molecular weight excluding hydrogens is 309 g/mol. The third-order valence-corrected chi connectivity index (χ3v) is 5.04. The molecule has 0 bridgehead atoms. The molecule has 1 atom stereocenters. The highest BCUT2D eigenvalue weighted by atomic mass is 19.1. The molecule has 1 saturated heterocycles. The fourth-order valence-corrected chi connectivity index (χ4v) is 3.50. The fourth-order valence-electron chi connectivity index (χ4n) is 3.50. The maximum Gasteiger partial charge on any atom is 0.273 e. The molecule has 1 aliphatic heterocycles. The third kappa shape index (κ3) is 3.08. The fraction of sp³-hybridized carbons (Fsp3) is 0.556. The summed E-state index contributed by atoms with van der Waals surface area (Å²) in [6.45, 7) is 3.10. The average Bonchev–Trinajstić information content (AvgIpc) is 3.29. The molecule has 128 valence electrons. The lowest BCUT2D eigenvalue weighted by Gasteiger charge is -2.24. The van der Waals surface area contributed by atoms with Crippen molar-refractivity contribution < 1.29 is 9.13 Å². The van der Waals surface area contributed by atoms with Gasteiger partial charge in [-0.1, -0.05) is 0 Å². The van der Waals surface area contributed by atoms with Gasteiger partial charge < -0.3 is 9.30 Å². The summed E-state index contributed by atoms with van der Waals surface area (Å²) in [6, 6.07) is 4.90. The van der Waals surface area contributed by atoms with Gasteiger partial charge >= 0.3 is 0 Å². The zero-order valence-corrected chi connectivity index (χ0v) is 13.9. The maximum atomic E-state index is 13.5. The Morgan fingerprint density at radius 2 is 2.21 bits per heavy atom. The number of benzene rings is 1. The number of aryl methyl sites for hydroxylation is 1. The van der Waals surface area contributed by atoms with Crippen LogP contribution in [-0.2, 0) is 18.3 Å². The van der Waals surface area contributed by atoms with Crippen molar-refractivity contribution in [2.24, 2.45) is 13.0 Å². The predicted octanol–water partition coefficient (Wildman–Crippen LogP) is 2.07. The minimum atomic E-state index is -0.332. The topological polar surface area (TPSA) is 47.4 Å². The first-order valence-electron chi connectivity index (χ1n) is 8.59. The van der Waals surface area contributed by atoms with Gasteiger partial charge in [-0.3, -0.25) is 9.69 Å². The van der Waals surface area contributed by atoms with Crippen LogP contribution < -0.4 is 5.56 Å². The summed E-state index contributed by atoms with van der Waals surface area (Å²) >= 11 is 0. The zero-order chi connectivity index (χ0) is 16.7. The van der Waals surface area contributed by atoms with E-state index in [4.69, 9.17) is 4.74 Å². The Balaban J connectivity index is 1.64. The minimum absolute atomic E-state index is 0.0950. The van der Waals surface area contributed by atoms with Crippen LogP contribution >= 0.6 is 0 Å². The molecule has 1 aromatic carbocycles. The van der Waals surface area contributed by atoms with E-state index >= 15 is 0 Å². The van der Waals surface area contributed by atoms with Crippen LogP contribution in [0.25, 0.3) is 11.0 Å². The number of nitrogens with zero attached hydrogens (tertiary/aromatic N) is 3. The van der Waals surface area contributed by atoms with Gasteiger partial charge in [0.2, 0.25) is 0 Å². The van der Waals surface area contributed by atoms with Crippen molar-refractivity contribution in [3.8, 4) is 0 Å². The van der Waals surface area contributed by atoms with Crippen LogP contribution in [0.2, 0.25) is 0 Å². The molecule has 0 amide bonds. The summed E-state index contributed by atoms with van der Waals surface area (Å²) in [7, 11) is 1.72. The molecule has 1 aromatic heterocycles. The van der Waals surface area contributed by atoms with Crippen molar-refractivity contribution in [3.05, 3.63) is 40.1 Å².